The quantitative estimate of drug-likeness (QED) is 0.704. The largest absolute Gasteiger partial charge is 0.384 e. The first-order chi connectivity index (χ1) is 5.97. The second-order valence-corrected chi connectivity index (χ2v) is 4.52. The SMILES string of the molecule is CS(=O)(=O)NCc1ccc(N)nc1. The third-order valence-corrected chi connectivity index (χ3v) is 2.05. The maximum Gasteiger partial charge on any atom is 0.209 e. The van der Waals surface area contributed by atoms with E-state index in [-0.39, 0.29) is 6.54 Å². The van der Waals surface area contributed by atoms with E-state index >= 15 is 0 Å². The summed E-state index contributed by atoms with van der Waals surface area (Å²) < 4.78 is 23.8. The van der Waals surface area contributed by atoms with Gasteiger partial charge in [0.1, 0.15) is 5.82 Å². The predicted molar refractivity (Wildman–Crippen MR) is 50.3 cm³/mol. The molecule has 1 rings (SSSR count). The number of pyridine rings is 1. The van der Waals surface area contributed by atoms with Crippen LogP contribution in [-0.2, 0) is 16.6 Å². The van der Waals surface area contributed by atoms with Gasteiger partial charge in [-0.3, -0.25) is 0 Å². The number of hydrogen-bond donors (Lipinski definition) is 2. The summed E-state index contributed by atoms with van der Waals surface area (Å²) in [6, 6.07) is 3.35. The molecule has 1 aromatic heterocycles. The molecular weight excluding hydrogens is 190 g/mol. The molecule has 0 unspecified atom stereocenters. The topological polar surface area (TPSA) is 85.1 Å². The average molecular weight is 201 g/mol. The van der Waals surface area contributed by atoms with Gasteiger partial charge in [-0.2, -0.15) is 0 Å². The van der Waals surface area contributed by atoms with Crippen molar-refractivity contribution in [2.75, 3.05) is 12.0 Å². The average Bonchev–Trinajstić information content (AvgIpc) is 2.02. The molecule has 1 aromatic rings. The number of sulfonamides is 1. The van der Waals surface area contributed by atoms with Crippen molar-refractivity contribution < 1.29 is 8.42 Å². The van der Waals surface area contributed by atoms with Gasteiger partial charge in [-0.15, -0.1) is 0 Å². The summed E-state index contributed by atoms with van der Waals surface area (Å²) in [5.74, 6) is 0.420. The zero-order chi connectivity index (χ0) is 9.90. The van der Waals surface area contributed by atoms with Crippen molar-refractivity contribution in [2.45, 2.75) is 6.54 Å². The van der Waals surface area contributed by atoms with Crippen LogP contribution in [0.25, 0.3) is 0 Å². The Morgan fingerprint density at radius 1 is 1.54 bits per heavy atom. The van der Waals surface area contributed by atoms with Crippen LogP contribution in [0.1, 0.15) is 5.56 Å². The molecule has 0 saturated carbocycles. The highest BCUT2D eigenvalue weighted by molar-refractivity contribution is 7.88. The molecule has 13 heavy (non-hydrogen) atoms. The first-order valence-electron chi connectivity index (χ1n) is 3.62. The van der Waals surface area contributed by atoms with E-state index in [1.54, 1.807) is 12.1 Å². The molecule has 1 heterocycles. The number of nitrogens with two attached hydrogens (primary N) is 1. The van der Waals surface area contributed by atoms with Crippen molar-refractivity contribution in [2.24, 2.45) is 0 Å². The van der Waals surface area contributed by atoms with Crippen LogP contribution in [0.5, 0.6) is 0 Å². The number of aromatic nitrogens is 1. The van der Waals surface area contributed by atoms with Crippen molar-refractivity contribution in [1.82, 2.24) is 9.71 Å². The van der Waals surface area contributed by atoms with Crippen LogP contribution in [-0.4, -0.2) is 19.7 Å². The van der Waals surface area contributed by atoms with Gasteiger partial charge in [-0.1, -0.05) is 6.07 Å². The molecule has 0 bridgehead atoms. The van der Waals surface area contributed by atoms with Gasteiger partial charge < -0.3 is 5.73 Å². The Bertz CT molecular complexity index is 371. The van der Waals surface area contributed by atoms with Crippen LogP contribution >= 0.6 is 0 Å². The summed E-state index contributed by atoms with van der Waals surface area (Å²) >= 11 is 0. The van der Waals surface area contributed by atoms with Crippen LogP contribution in [0.4, 0.5) is 5.82 Å². The van der Waals surface area contributed by atoms with E-state index in [1.807, 2.05) is 0 Å². The maximum atomic E-state index is 10.7. The molecule has 0 atom stereocenters. The third kappa shape index (κ3) is 3.86. The minimum atomic E-state index is -3.14. The molecule has 0 radical (unpaired) electrons. The van der Waals surface area contributed by atoms with Crippen molar-refractivity contribution in [1.29, 1.82) is 0 Å². The second-order valence-electron chi connectivity index (χ2n) is 2.68. The van der Waals surface area contributed by atoms with E-state index in [9.17, 15) is 8.42 Å². The van der Waals surface area contributed by atoms with Gasteiger partial charge in [0, 0.05) is 12.7 Å². The van der Waals surface area contributed by atoms with Gasteiger partial charge in [0.05, 0.1) is 6.26 Å². The number of nitrogens with zero attached hydrogens (tertiary/aromatic N) is 1. The van der Waals surface area contributed by atoms with Gasteiger partial charge in [0.2, 0.25) is 10.0 Å². The molecule has 0 aliphatic rings. The summed E-state index contributed by atoms with van der Waals surface area (Å²) in [5, 5.41) is 0. The molecule has 0 aromatic carbocycles. The molecule has 6 heteroatoms. The van der Waals surface area contributed by atoms with Crippen LogP contribution in [0.15, 0.2) is 18.3 Å². The smallest absolute Gasteiger partial charge is 0.209 e. The Kier molecular flexibility index (Phi) is 2.84. The monoisotopic (exact) mass is 201 g/mol. The normalized spacial score (nSPS) is 11.5. The third-order valence-electron chi connectivity index (χ3n) is 1.39. The Morgan fingerprint density at radius 3 is 2.69 bits per heavy atom. The fourth-order valence-corrected chi connectivity index (χ4v) is 1.18. The summed E-state index contributed by atoms with van der Waals surface area (Å²) in [6.45, 7) is 0.242. The highest BCUT2D eigenvalue weighted by Crippen LogP contribution is 2.00. The summed E-state index contributed by atoms with van der Waals surface area (Å²) in [7, 11) is -3.14. The highest BCUT2D eigenvalue weighted by atomic mass is 32.2. The minimum absolute atomic E-state index is 0.242. The number of hydrogen-bond acceptors (Lipinski definition) is 4. The lowest BCUT2D eigenvalue weighted by atomic mass is 10.3. The number of nitrogens with one attached hydrogen (secondary N) is 1. The molecule has 0 aliphatic heterocycles. The fraction of sp³-hybridized carbons (Fsp3) is 0.286. The van der Waals surface area contributed by atoms with Crippen LogP contribution in [0.3, 0.4) is 0 Å². The Morgan fingerprint density at radius 2 is 2.23 bits per heavy atom. The lowest BCUT2D eigenvalue weighted by molar-refractivity contribution is 0.587. The summed E-state index contributed by atoms with van der Waals surface area (Å²) in [4.78, 5) is 3.82. The Labute approximate surface area is 77.0 Å². The first kappa shape index (κ1) is 9.94. The fourth-order valence-electron chi connectivity index (χ4n) is 0.755. The summed E-state index contributed by atoms with van der Waals surface area (Å²) in [6.07, 6.45) is 2.64. The molecule has 3 N–H and O–H groups in total. The first-order valence-corrected chi connectivity index (χ1v) is 5.51. The van der Waals surface area contributed by atoms with Gasteiger partial charge >= 0.3 is 0 Å². The number of anilines is 1. The number of rotatable bonds is 3. The van der Waals surface area contributed by atoms with Crippen molar-refractivity contribution >= 4 is 15.8 Å². The lowest BCUT2D eigenvalue weighted by Gasteiger charge is -2.01. The van der Waals surface area contributed by atoms with Crippen molar-refractivity contribution in [3.05, 3.63) is 23.9 Å². The van der Waals surface area contributed by atoms with E-state index in [2.05, 4.69) is 9.71 Å². The van der Waals surface area contributed by atoms with Gasteiger partial charge in [0.15, 0.2) is 0 Å². The molecular formula is C7H11N3O2S. The van der Waals surface area contributed by atoms with Gasteiger partial charge in [-0.05, 0) is 11.6 Å². The molecule has 0 saturated heterocycles. The van der Waals surface area contributed by atoms with E-state index < -0.39 is 10.0 Å². The molecule has 72 valence electrons. The van der Waals surface area contributed by atoms with E-state index in [4.69, 9.17) is 5.73 Å². The minimum Gasteiger partial charge on any atom is -0.384 e. The van der Waals surface area contributed by atoms with E-state index in [0.29, 0.717) is 5.82 Å². The zero-order valence-corrected chi connectivity index (χ0v) is 8.00. The van der Waals surface area contributed by atoms with Crippen molar-refractivity contribution in [3.8, 4) is 0 Å². The molecule has 0 fully saturated rings. The predicted octanol–water partition coefficient (Wildman–Crippen LogP) is -0.287. The van der Waals surface area contributed by atoms with Gasteiger partial charge in [-0.25, -0.2) is 18.1 Å². The van der Waals surface area contributed by atoms with Crippen LogP contribution in [0.2, 0.25) is 0 Å². The van der Waals surface area contributed by atoms with Crippen molar-refractivity contribution in [3.63, 3.8) is 0 Å². The Balaban J connectivity index is 2.61. The molecule has 0 aliphatic carbocycles. The molecule has 0 spiro atoms. The van der Waals surface area contributed by atoms with E-state index in [1.165, 1.54) is 6.20 Å². The molecule has 5 nitrogen and oxygen atoms in total. The summed E-state index contributed by atoms with van der Waals surface area (Å²) in [5.41, 5.74) is 6.14. The van der Waals surface area contributed by atoms with Gasteiger partial charge in [0.25, 0.3) is 0 Å². The Hall–Kier alpha value is -1.14. The molecule has 0 amide bonds. The zero-order valence-electron chi connectivity index (χ0n) is 7.19. The number of nitrogen functional groups attached to an aromatic ring is 1. The highest BCUT2D eigenvalue weighted by Gasteiger charge is 2.00. The maximum absolute atomic E-state index is 10.7. The van der Waals surface area contributed by atoms with Crippen LogP contribution < -0.4 is 10.5 Å². The standard InChI is InChI=1S/C7H11N3O2S/c1-13(11,12)10-5-6-2-3-7(8)9-4-6/h2-4,10H,5H2,1H3,(H2,8,9). The van der Waals surface area contributed by atoms with E-state index in [0.717, 1.165) is 11.8 Å². The lowest BCUT2D eigenvalue weighted by Crippen LogP contribution is -2.21. The van der Waals surface area contributed by atoms with Crippen LogP contribution in [0, 0.1) is 0 Å². The second kappa shape index (κ2) is 3.71.